The van der Waals surface area contributed by atoms with E-state index >= 15 is 0 Å². The van der Waals surface area contributed by atoms with Gasteiger partial charge in [-0.05, 0) is 0 Å². The molecule has 9 heteroatoms. The number of hydrogen-bond acceptors (Lipinski definition) is 5. The summed E-state index contributed by atoms with van der Waals surface area (Å²) < 4.78 is 45.7. The first-order valence-electron chi connectivity index (χ1n) is 3.93. The number of hydrogen-bond donors (Lipinski definition) is 1. The van der Waals surface area contributed by atoms with Crippen LogP contribution in [0.1, 0.15) is 0 Å². The maximum atomic E-state index is 11.6. The Hall–Kier alpha value is -0.930. The molecule has 0 amide bonds. The van der Waals surface area contributed by atoms with Crippen molar-refractivity contribution in [3.63, 3.8) is 0 Å². The number of nitrogens with two attached hydrogens (primary N) is 1. The molecule has 0 aromatic carbocycles. The van der Waals surface area contributed by atoms with Crippen molar-refractivity contribution in [2.75, 3.05) is 11.5 Å². The van der Waals surface area contributed by atoms with Gasteiger partial charge in [0.1, 0.15) is 0 Å². The van der Waals surface area contributed by atoms with Crippen LogP contribution in [0.4, 0.5) is 0 Å². The van der Waals surface area contributed by atoms with Gasteiger partial charge in [-0.25, -0.2) is 27.0 Å². The molecule has 0 radical (unpaired) electrons. The van der Waals surface area contributed by atoms with Crippen molar-refractivity contribution in [1.29, 1.82) is 0 Å². The fourth-order valence-corrected chi connectivity index (χ4v) is 3.68. The minimum atomic E-state index is -3.78. The SMILES string of the molecule is Cn1ccnc1S(=O)(=O)CCS(N)(=O)=O. The van der Waals surface area contributed by atoms with Crippen molar-refractivity contribution in [2.24, 2.45) is 12.2 Å². The molecular formula is C6H11N3O4S2. The summed E-state index contributed by atoms with van der Waals surface area (Å²) in [7, 11) is -5.95. The van der Waals surface area contributed by atoms with Gasteiger partial charge in [0.2, 0.25) is 25.0 Å². The molecule has 0 saturated carbocycles. The third kappa shape index (κ3) is 3.29. The Bertz CT molecular complexity index is 543. The van der Waals surface area contributed by atoms with Gasteiger partial charge in [0.15, 0.2) is 0 Å². The van der Waals surface area contributed by atoms with Crippen molar-refractivity contribution in [3.05, 3.63) is 12.4 Å². The topological polar surface area (TPSA) is 112 Å². The van der Waals surface area contributed by atoms with E-state index in [0.717, 1.165) is 0 Å². The van der Waals surface area contributed by atoms with Crippen molar-refractivity contribution < 1.29 is 16.8 Å². The second kappa shape index (κ2) is 3.91. The summed E-state index contributed by atoms with van der Waals surface area (Å²) in [6.07, 6.45) is 2.79. The Labute approximate surface area is 87.9 Å². The lowest BCUT2D eigenvalue weighted by Crippen LogP contribution is -2.24. The summed E-state index contributed by atoms with van der Waals surface area (Å²) in [4.78, 5) is 3.63. The number of aryl methyl sites for hydroxylation is 1. The predicted octanol–water partition coefficient (Wildman–Crippen LogP) is -1.52. The smallest absolute Gasteiger partial charge is 0.227 e. The van der Waals surface area contributed by atoms with Crippen LogP contribution in [-0.2, 0) is 26.9 Å². The summed E-state index contributed by atoms with van der Waals surface area (Å²) in [5.41, 5.74) is 0. The molecule has 0 unspecified atom stereocenters. The van der Waals surface area contributed by atoms with Crippen LogP contribution in [0.3, 0.4) is 0 Å². The van der Waals surface area contributed by atoms with E-state index in [1.165, 1.54) is 24.0 Å². The fraction of sp³-hybridized carbons (Fsp3) is 0.500. The highest BCUT2D eigenvalue weighted by Gasteiger charge is 2.21. The third-order valence-electron chi connectivity index (χ3n) is 1.69. The molecule has 1 aromatic rings. The summed E-state index contributed by atoms with van der Waals surface area (Å²) in [5.74, 6) is -1.17. The quantitative estimate of drug-likeness (QED) is 0.700. The molecule has 0 atom stereocenters. The second-order valence-electron chi connectivity index (χ2n) is 3.01. The van der Waals surface area contributed by atoms with Crippen LogP contribution in [0.2, 0.25) is 0 Å². The summed E-state index contributed by atoms with van der Waals surface area (Å²) >= 11 is 0. The molecule has 2 N–H and O–H groups in total. The lowest BCUT2D eigenvalue weighted by atomic mass is 10.9. The molecule has 0 spiro atoms. The van der Waals surface area contributed by atoms with Crippen molar-refractivity contribution >= 4 is 19.9 Å². The predicted molar refractivity (Wildman–Crippen MR) is 53.2 cm³/mol. The van der Waals surface area contributed by atoms with Crippen LogP contribution >= 0.6 is 0 Å². The molecule has 1 aromatic heterocycles. The minimum absolute atomic E-state index is 0.161. The Kier molecular flexibility index (Phi) is 3.16. The molecule has 0 aliphatic heterocycles. The van der Waals surface area contributed by atoms with Crippen molar-refractivity contribution in [2.45, 2.75) is 5.16 Å². The maximum Gasteiger partial charge on any atom is 0.227 e. The average molecular weight is 253 g/mol. The van der Waals surface area contributed by atoms with Crippen LogP contribution in [0.15, 0.2) is 17.6 Å². The summed E-state index contributed by atoms with van der Waals surface area (Å²) in [6.45, 7) is 0. The molecule has 0 aliphatic rings. The molecule has 0 fully saturated rings. The van der Waals surface area contributed by atoms with E-state index in [-0.39, 0.29) is 5.16 Å². The van der Waals surface area contributed by atoms with Gasteiger partial charge in [0.05, 0.1) is 11.5 Å². The number of sulfone groups is 1. The van der Waals surface area contributed by atoms with E-state index in [4.69, 9.17) is 5.14 Å². The normalized spacial score (nSPS) is 12.9. The van der Waals surface area contributed by atoms with E-state index < -0.39 is 31.4 Å². The van der Waals surface area contributed by atoms with Gasteiger partial charge in [-0.1, -0.05) is 0 Å². The van der Waals surface area contributed by atoms with Gasteiger partial charge in [0.25, 0.3) is 0 Å². The average Bonchev–Trinajstić information content (AvgIpc) is 2.47. The number of aromatic nitrogens is 2. The Morgan fingerprint density at radius 2 is 1.93 bits per heavy atom. The molecule has 0 aliphatic carbocycles. The van der Waals surface area contributed by atoms with Gasteiger partial charge >= 0.3 is 0 Å². The van der Waals surface area contributed by atoms with Gasteiger partial charge in [-0.2, -0.15) is 0 Å². The highest BCUT2D eigenvalue weighted by Crippen LogP contribution is 2.06. The minimum Gasteiger partial charge on any atom is -0.325 e. The molecule has 0 bridgehead atoms. The zero-order chi connectivity index (χ0) is 11.7. The largest absolute Gasteiger partial charge is 0.325 e. The van der Waals surface area contributed by atoms with Crippen LogP contribution in [-0.4, -0.2) is 37.9 Å². The van der Waals surface area contributed by atoms with E-state index in [1.807, 2.05) is 0 Å². The number of imidazole rings is 1. The molecule has 7 nitrogen and oxygen atoms in total. The van der Waals surface area contributed by atoms with E-state index in [9.17, 15) is 16.8 Å². The Morgan fingerprint density at radius 3 is 2.33 bits per heavy atom. The maximum absolute atomic E-state index is 11.6. The molecule has 86 valence electrons. The fourth-order valence-electron chi connectivity index (χ4n) is 0.969. The lowest BCUT2D eigenvalue weighted by molar-refractivity contribution is 0.576. The molecule has 1 heterocycles. The monoisotopic (exact) mass is 253 g/mol. The van der Waals surface area contributed by atoms with Gasteiger partial charge in [-0.3, -0.25) is 0 Å². The molecule has 0 saturated heterocycles. The van der Waals surface area contributed by atoms with E-state index in [2.05, 4.69) is 4.98 Å². The number of nitrogens with zero attached hydrogens (tertiary/aromatic N) is 2. The first-order valence-corrected chi connectivity index (χ1v) is 7.30. The van der Waals surface area contributed by atoms with Gasteiger partial charge in [-0.15, -0.1) is 0 Å². The summed E-state index contributed by atoms with van der Waals surface area (Å²) in [5, 5.41) is 4.55. The summed E-state index contributed by atoms with van der Waals surface area (Å²) in [6, 6.07) is 0. The van der Waals surface area contributed by atoms with Crippen molar-refractivity contribution in [1.82, 2.24) is 9.55 Å². The molecular weight excluding hydrogens is 242 g/mol. The van der Waals surface area contributed by atoms with E-state index in [0.29, 0.717) is 0 Å². The van der Waals surface area contributed by atoms with Gasteiger partial charge in [0, 0.05) is 19.4 Å². The number of primary sulfonamides is 1. The lowest BCUT2D eigenvalue weighted by Gasteiger charge is -2.02. The number of sulfonamides is 1. The van der Waals surface area contributed by atoms with Crippen LogP contribution in [0.25, 0.3) is 0 Å². The molecule has 15 heavy (non-hydrogen) atoms. The zero-order valence-corrected chi connectivity index (χ0v) is 9.62. The van der Waals surface area contributed by atoms with Crippen LogP contribution in [0, 0.1) is 0 Å². The Morgan fingerprint density at radius 1 is 1.33 bits per heavy atom. The first kappa shape index (κ1) is 12.1. The van der Waals surface area contributed by atoms with Gasteiger partial charge < -0.3 is 4.57 Å². The van der Waals surface area contributed by atoms with Crippen molar-refractivity contribution in [3.8, 4) is 0 Å². The first-order chi connectivity index (χ1) is 6.72. The zero-order valence-electron chi connectivity index (χ0n) is 7.99. The Balaban J connectivity index is 2.92. The third-order valence-corrected chi connectivity index (χ3v) is 4.41. The number of rotatable bonds is 4. The highest BCUT2D eigenvalue weighted by molar-refractivity contribution is 7.94. The standard InChI is InChI=1S/C6H11N3O4S2/c1-9-3-2-8-6(9)14(10,11)4-5-15(7,12)13/h2-3H,4-5H2,1H3,(H2,7,12,13). The molecule has 1 rings (SSSR count). The van der Waals surface area contributed by atoms with E-state index in [1.54, 1.807) is 0 Å². The van der Waals surface area contributed by atoms with Crippen LogP contribution < -0.4 is 5.14 Å². The second-order valence-corrected chi connectivity index (χ2v) is 6.74. The van der Waals surface area contributed by atoms with Crippen LogP contribution in [0.5, 0.6) is 0 Å². The highest BCUT2D eigenvalue weighted by atomic mass is 32.2.